The number of aromatic nitrogens is 1. The van der Waals surface area contributed by atoms with E-state index in [-0.39, 0.29) is 0 Å². The fraction of sp³-hybridized carbons (Fsp3) is 0.400. The van der Waals surface area contributed by atoms with Crippen LogP contribution in [0.25, 0.3) is 11.1 Å². The average Bonchev–Trinajstić information content (AvgIpc) is 2.88. The quantitative estimate of drug-likeness (QED) is 0.930. The van der Waals surface area contributed by atoms with E-state index in [1.807, 2.05) is 24.3 Å². The molecule has 2 aromatic rings. The van der Waals surface area contributed by atoms with Crippen molar-refractivity contribution < 1.29 is 9.26 Å². The molecule has 20 heavy (non-hydrogen) atoms. The molecule has 1 aliphatic heterocycles. The van der Waals surface area contributed by atoms with Gasteiger partial charge in [0, 0.05) is 13.1 Å². The maximum Gasteiger partial charge on any atom is 0.229 e. The highest BCUT2D eigenvalue weighted by Gasteiger charge is 2.18. The highest BCUT2D eigenvalue weighted by molar-refractivity contribution is 5.72. The number of nitrogens with zero attached hydrogens (tertiary/aromatic N) is 2. The maximum atomic E-state index is 6.06. The molecule has 0 unspecified atom stereocenters. The fourth-order valence-electron chi connectivity index (χ4n) is 2.50. The van der Waals surface area contributed by atoms with Crippen LogP contribution >= 0.6 is 0 Å². The van der Waals surface area contributed by atoms with Crippen molar-refractivity contribution in [2.75, 3.05) is 25.9 Å². The Bertz CT molecular complexity index is 574. The van der Waals surface area contributed by atoms with Crippen LogP contribution in [-0.4, -0.2) is 36.3 Å². The molecule has 0 aliphatic carbocycles. The molecule has 0 amide bonds. The molecule has 0 atom stereocenters. The van der Waals surface area contributed by atoms with Gasteiger partial charge in [-0.25, -0.2) is 0 Å². The second kappa shape index (κ2) is 5.54. The van der Waals surface area contributed by atoms with Crippen LogP contribution < -0.4 is 10.5 Å². The summed E-state index contributed by atoms with van der Waals surface area (Å²) in [5.74, 6) is 1.21. The number of ether oxygens (including phenoxy) is 1. The van der Waals surface area contributed by atoms with Crippen molar-refractivity contribution in [3.8, 4) is 16.9 Å². The lowest BCUT2D eigenvalue weighted by molar-refractivity contribution is 0.114. The molecule has 0 bridgehead atoms. The Labute approximate surface area is 118 Å². The Kier molecular flexibility index (Phi) is 3.60. The third kappa shape index (κ3) is 2.77. The normalized spacial score (nSPS) is 17.2. The van der Waals surface area contributed by atoms with E-state index in [0.29, 0.717) is 12.0 Å². The van der Waals surface area contributed by atoms with E-state index < -0.39 is 0 Å². The van der Waals surface area contributed by atoms with Crippen molar-refractivity contribution >= 4 is 5.88 Å². The first-order valence-electron chi connectivity index (χ1n) is 6.88. The summed E-state index contributed by atoms with van der Waals surface area (Å²) >= 11 is 0. The Morgan fingerprint density at radius 3 is 2.85 bits per heavy atom. The number of likely N-dealkylation sites (tertiary alicyclic amines) is 1. The van der Waals surface area contributed by atoms with E-state index in [0.717, 1.165) is 42.8 Å². The number of nitrogen functional groups attached to an aromatic ring is 1. The van der Waals surface area contributed by atoms with Gasteiger partial charge in [0.2, 0.25) is 5.88 Å². The lowest BCUT2D eigenvalue weighted by atomic mass is 10.1. The second-order valence-corrected chi connectivity index (χ2v) is 5.25. The molecule has 2 N–H and O–H groups in total. The lowest BCUT2D eigenvalue weighted by Gasteiger charge is -2.29. The van der Waals surface area contributed by atoms with E-state index >= 15 is 0 Å². The highest BCUT2D eigenvalue weighted by atomic mass is 16.5. The third-order valence-corrected chi connectivity index (χ3v) is 3.71. The van der Waals surface area contributed by atoms with Crippen LogP contribution in [0.1, 0.15) is 12.8 Å². The minimum absolute atomic E-state index is 0.293. The number of rotatable bonds is 3. The van der Waals surface area contributed by atoms with Gasteiger partial charge in [0.1, 0.15) is 11.9 Å². The summed E-state index contributed by atoms with van der Waals surface area (Å²) in [6.45, 7) is 2.17. The van der Waals surface area contributed by atoms with Crippen LogP contribution in [0.2, 0.25) is 0 Å². The van der Waals surface area contributed by atoms with Gasteiger partial charge in [0.05, 0.1) is 11.8 Å². The van der Waals surface area contributed by atoms with Gasteiger partial charge in [-0.2, -0.15) is 0 Å². The smallest absolute Gasteiger partial charge is 0.229 e. The van der Waals surface area contributed by atoms with Gasteiger partial charge in [0.25, 0.3) is 0 Å². The van der Waals surface area contributed by atoms with Gasteiger partial charge in [0.15, 0.2) is 0 Å². The number of benzene rings is 1. The first-order chi connectivity index (χ1) is 9.72. The summed E-state index contributed by atoms with van der Waals surface area (Å²) in [5.41, 5.74) is 7.52. The minimum atomic E-state index is 0.293. The van der Waals surface area contributed by atoms with Crippen LogP contribution in [0.5, 0.6) is 5.75 Å². The molecule has 1 aromatic heterocycles. The van der Waals surface area contributed by atoms with E-state index in [2.05, 4.69) is 17.1 Å². The van der Waals surface area contributed by atoms with Crippen molar-refractivity contribution in [1.29, 1.82) is 0 Å². The van der Waals surface area contributed by atoms with Crippen LogP contribution in [-0.2, 0) is 0 Å². The first-order valence-corrected chi connectivity index (χ1v) is 6.88. The summed E-state index contributed by atoms with van der Waals surface area (Å²) in [6.07, 6.45) is 4.05. The molecule has 0 radical (unpaired) electrons. The zero-order chi connectivity index (χ0) is 13.9. The molecule has 5 nitrogen and oxygen atoms in total. The van der Waals surface area contributed by atoms with Crippen LogP contribution in [0.15, 0.2) is 35.0 Å². The summed E-state index contributed by atoms with van der Waals surface area (Å²) in [7, 11) is 2.14. The molecule has 0 saturated carbocycles. The Hall–Kier alpha value is -2.01. The van der Waals surface area contributed by atoms with Gasteiger partial charge in [-0.05, 0) is 37.6 Å². The first kappa shape index (κ1) is 13.0. The molecule has 1 saturated heterocycles. The summed E-state index contributed by atoms with van der Waals surface area (Å²) < 4.78 is 11.0. The average molecular weight is 273 g/mol. The number of hydrogen-bond donors (Lipinski definition) is 1. The van der Waals surface area contributed by atoms with Crippen molar-refractivity contribution in [3.63, 3.8) is 0 Å². The molecule has 0 spiro atoms. The molecular weight excluding hydrogens is 254 g/mol. The molecule has 5 heteroatoms. The van der Waals surface area contributed by atoms with Gasteiger partial charge >= 0.3 is 0 Å². The van der Waals surface area contributed by atoms with Gasteiger partial charge in [-0.1, -0.05) is 17.3 Å². The zero-order valence-electron chi connectivity index (χ0n) is 11.6. The molecule has 1 aromatic carbocycles. The van der Waals surface area contributed by atoms with Crippen LogP contribution in [0.3, 0.4) is 0 Å². The lowest BCUT2D eigenvalue weighted by Crippen LogP contribution is -2.35. The van der Waals surface area contributed by atoms with Gasteiger partial charge in [-0.15, -0.1) is 0 Å². The monoisotopic (exact) mass is 273 g/mol. The van der Waals surface area contributed by atoms with Crippen molar-refractivity contribution in [2.45, 2.75) is 18.9 Å². The predicted octanol–water partition coefficient (Wildman–Crippen LogP) is 2.40. The second-order valence-electron chi connectivity index (χ2n) is 5.25. The van der Waals surface area contributed by atoms with Crippen LogP contribution in [0.4, 0.5) is 5.88 Å². The number of hydrogen-bond acceptors (Lipinski definition) is 5. The molecule has 2 heterocycles. The Balaban J connectivity index is 1.73. The van der Waals surface area contributed by atoms with Gasteiger partial charge < -0.3 is 19.9 Å². The van der Waals surface area contributed by atoms with Crippen molar-refractivity contribution in [2.24, 2.45) is 0 Å². The SMILES string of the molecule is CN1CCC(Oc2cccc(-c3cnoc3N)c2)CC1. The van der Waals surface area contributed by atoms with E-state index in [4.69, 9.17) is 15.0 Å². The number of anilines is 1. The van der Waals surface area contributed by atoms with E-state index in [1.165, 1.54) is 0 Å². The Morgan fingerprint density at radius 1 is 1.35 bits per heavy atom. The largest absolute Gasteiger partial charge is 0.490 e. The molecule has 1 fully saturated rings. The zero-order valence-corrected chi connectivity index (χ0v) is 11.6. The third-order valence-electron chi connectivity index (χ3n) is 3.71. The van der Waals surface area contributed by atoms with Crippen molar-refractivity contribution in [1.82, 2.24) is 10.1 Å². The van der Waals surface area contributed by atoms with E-state index in [9.17, 15) is 0 Å². The predicted molar refractivity (Wildman–Crippen MR) is 77.5 cm³/mol. The molecule has 3 rings (SSSR count). The molecular formula is C15H19N3O2. The maximum absolute atomic E-state index is 6.06. The molecule has 1 aliphatic rings. The van der Waals surface area contributed by atoms with Crippen LogP contribution in [0, 0.1) is 0 Å². The summed E-state index contributed by atoms with van der Waals surface area (Å²) in [5, 5.41) is 3.71. The topological polar surface area (TPSA) is 64.5 Å². The fourth-order valence-corrected chi connectivity index (χ4v) is 2.50. The number of nitrogens with two attached hydrogens (primary N) is 1. The Morgan fingerprint density at radius 2 is 2.15 bits per heavy atom. The number of piperidine rings is 1. The van der Waals surface area contributed by atoms with Crippen molar-refractivity contribution in [3.05, 3.63) is 30.5 Å². The van der Waals surface area contributed by atoms with E-state index in [1.54, 1.807) is 6.20 Å². The minimum Gasteiger partial charge on any atom is -0.490 e. The summed E-state index contributed by atoms with van der Waals surface area (Å²) in [4.78, 5) is 2.33. The highest BCUT2D eigenvalue weighted by Crippen LogP contribution is 2.29. The van der Waals surface area contributed by atoms with Gasteiger partial charge in [-0.3, -0.25) is 0 Å². The molecule has 106 valence electrons. The summed E-state index contributed by atoms with van der Waals surface area (Å²) in [6, 6.07) is 7.91. The standard InChI is InChI=1S/C15H19N3O2/c1-18-7-5-12(6-8-18)19-13-4-2-3-11(9-13)14-10-17-20-15(14)16/h2-4,9-10,12H,5-8,16H2,1H3.